The van der Waals surface area contributed by atoms with Crippen LogP contribution in [-0.4, -0.2) is 28.6 Å². The SMILES string of the molecule is Cc1ccc(C(C(=O)NC2CCCC(C)C2C)N(Cc2cccs2)C(=O)CCl)cc1. The van der Waals surface area contributed by atoms with Crippen molar-refractivity contribution in [3.05, 3.63) is 57.8 Å². The average Bonchev–Trinajstić information content (AvgIpc) is 3.25. The first kappa shape index (κ1) is 22.8. The summed E-state index contributed by atoms with van der Waals surface area (Å²) in [4.78, 5) is 29.1. The number of nitrogens with one attached hydrogen (secondary N) is 1. The van der Waals surface area contributed by atoms with Gasteiger partial charge in [-0.05, 0) is 42.2 Å². The van der Waals surface area contributed by atoms with Gasteiger partial charge in [0.25, 0.3) is 0 Å². The van der Waals surface area contributed by atoms with Crippen LogP contribution in [0.1, 0.15) is 55.2 Å². The van der Waals surface area contributed by atoms with Gasteiger partial charge in [-0.2, -0.15) is 0 Å². The maximum atomic E-state index is 13.6. The first-order valence-electron chi connectivity index (χ1n) is 10.7. The molecule has 1 heterocycles. The minimum absolute atomic E-state index is 0.125. The third-order valence-electron chi connectivity index (χ3n) is 6.33. The van der Waals surface area contributed by atoms with Crippen LogP contribution in [0.25, 0.3) is 0 Å². The Hall–Kier alpha value is -1.85. The molecular formula is C24H31ClN2O2S. The van der Waals surface area contributed by atoms with Crippen LogP contribution in [0, 0.1) is 18.8 Å². The van der Waals surface area contributed by atoms with Gasteiger partial charge in [0.05, 0.1) is 6.54 Å². The third-order valence-corrected chi connectivity index (χ3v) is 7.42. The molecule has 162 valence electrons. The number of rotatable bonds is 7. The summed E-state index contributed by atoms with van der Waals surface area (Å²) in [5, 5.41) is 5.26. The van der Waals surface area contributed by atoms with Crippen LogP contribution >= 0.6 is 22.9 Å². The van der Waals surface area contributed by atoms with E-state index in [1.807, 2.05) is 48.7 Å². The Balaban J connectivity index is 1.92. The first-order chi connectivity index (χ1) is 14.4. The number of amides is 2. The molecule has 1 aliphatic carbocycles. The Bertz CT molecular complexity index is 837. The lowest BCUT2D eigenvalue weighted by Crippen LogP contribution is -2.50. The van der Waals surface area contributed by atoms with Crippen molar-refractivity contribution in [2.75, 3.05) is 5.88 Å². The lowest BCUT2D eigenvalue weighted by Gasteiger charge is -2.37. The van der Waals surface area contributed by atoms with Crippen molar-refractivity contribution in [1.82, 2.24) is 10.2 Å². The van der Waals surface area contributed by atoms with Crippen LogP contribution in [-0.2, 0) is 16.1 Å². The van der Waals surface area contributed by atoms with Gasteiger partial charge in [0.1, 0.15) is 11.9 Å². The molecule has 6 heteroatoms. The Morgan fingerprint density at radius 2 is 1.93 bits per heavy atom. The van der Waals surface area contributed by atoms with Crippen LogP contribution < -0.4 is 5.32 Å². The maximum absolute atomic E-state index is 13.6. The summed E-state index contributed by atoms with van der Waals surface area (Å²) in [5.74, 6) is 0.470. The van der Waals surface area contributed by atoms with E-state index in [1.54, 1.807) is 16.2 Å². The molecule has 1 aromatic carbocycles. The van der Waals surface area contributed by atoms with E-state index in [2.05, 4.69) is 19.2 Å². The van der Waals surface area contributed by atoms with E-state index in [9.17, 15) is 9.59 Å². The summed E-state index contributed by atoms with van der Waals surface area (Å²) in [5.41, 5.74) is 1.92. The number of hydrogen-bond acceptors (Lipinski definition) is 3. The Morgan fingerprint density at radius 1 is 1.20 bits per heavy atom. The number of thiophene rings is 1. The van der Waals surface area contributed by atoms with Crippen LogP contribution in [0.4, 0.5) is 0 Å². The van der Waals surface area contributed by atoms with E-state index < -0.39 is 6.04 Å². The van der Waals surface area contributed by atoms with Crippen molar-refractivity contribution >= 4 is 34.8 Å². The van der Waals surface area contributed by atoms with Gasteiger partial charge in [-0.25, -0.2) is 0 Å². The summed E-state index contributed by atoms with van der Waals surface area (Å²) in [6.07, 6.45) is 3.29. The molecule has 1 fully saturated rings. The van der Waals surface area contributed by atoms with Gasteiger partial charge < -0.3 is 10.2 Å². The Labute approximate surface area is 188 Å². The molecule has 0 radical (unpaired) electrons. The molecule has 0 saturated heterocycles. The fourth-order valence-electron chi connectivity index (χ4n) is 4.24. The molecular weight excluding hydrogens is 416 g/mol. The minimum atomic E-state index is -0.705. The summed E-state index contributed by atoms with van der Waals surface area (Å²) in [7, 11) is 0. The first-order valence-corrected chi connectivity index (χ1v) is 12.1. The van der Waals surface area contributed by atoms with E-state index in [-0.39, 0.29) is 23.7 Å². The molecule has 4 unspecified atom stereocenters. The van der Waals surface area contributed by atoms with Gasteiger partial charge in [0, 0.05) is 10.9 Å². The predicted octanol–water partition coefficient (Wildman–Crippen LogP) is 5.31. The summed E-state index contributed by atoms with van der Waals surface area (Å²) in [6, 6.07) is 11.2. The number of alkyl halides is 1. The van der Waals surface area contributed by atoms with Crippen molar-refractivity contribution in [2.45, 2.75) is 58.7 Å². The summed E-state index contributed by atoms with van der Waals surface area (Å²) >= 11 is 7.54. The number of benzene rings is 1. The molecule has 0 spiro atoms. The van der Waals surface area contributed by atoms with Crippen molar-refractivity contribution < 1.29 is 9.59 Å². The van der Waals surface area contributed by atoms with E-state index >= 15 is 0 Å². The Morgan fingerprint density at radius 3 is 2.57 bits per heavy atom. The van der Waals surface area contributed by atoms with Crippen LogP contribution in [0.15, 0.2) is 41.8 Å². The molecule has 0 bridgehead atoms. The molecule has 0 aliphatic heterocycles. The summed E-state index contributed by atoms with van der Waals surface area (Å²) < 4.78 is 0. The second-order valence-electron chi connectivity index (χ2n) is 8.43. The smallest absolute Gasteiger partial charge is 0.247 e. The fourth-order valence-corrected chi connectivity index (χ4v) is 5.10. The average molecular weight is 447 g/mol. The monoisotopic (exact) mass is 446 g/mol. The molecule has 3 rings (SSSR count). The van der Waals surface area contributed by atoms with E-state index in [0.29, 0.717) is 18.4 Å². The van der Waals surface area contributed by atoms with Crippen molar-refractivity contribution in [2.24, 2.45) is 11.8 Å². The largest absolute Gasteiger partial charge is 0.351 e. The molecule has 1 aliphatic rings. The maximum Gasteiger partial charge on any atom is 0.247 e. The zero-order chi connectivity index (χ0) is 21.7. The number of carbonyl (C=O) groups is 2. The second-order valence-corrected chi connectivity index (χ2v) is 9.73. The number of hydrogen-bond donors (Lipinski definition) is 1. The number of halogens is 1. The quantitative estimate of drug-likeness (QED) is 0.586. The van der Waals surface area contributed by atoms with Crippen LogP contribution in [0.5, 0.6) is 0 Å². The fraction of sp³-hybridized carbons (Fsp3) is 0.500. The Kier molecular flexibility index (Phi) is 7.95. The molecule has 2 aromatic rings. The van der Waals surface area contributed by atoms with Gasteiger partial charge in [-0.3, -0.25) is 9.59 Å². The zero-order valence-electron chi connectivity index (χ0n) is 17.9. The summed E-state index contributed by atoms with van der Waals surface area (Å²) in [6.45, 7) is 6.84. The molecule has 4 nitrogen and oxygen atoms in total. The lowest BCUT2D eigenvalue weighted by atomic mass is 9.78. The van der Waals surface area contributed by atoms with Crippen molar-refractivity contribution in [3.8, 4) is 0 Å². The van der Waals surface area contributed by atoms with Gasteiger partial charge in [-0.1, -0.05) is 62.6 Å². The highest BCUT2D eigenvalue weighted by molar-refractivity contribution is 7.09. The number of nitrogens with zero attached hydrogens (tertiary/aromatic N) is 1. The minimum Gasteiger partial charge on any atom is -0.351 e. The van der Waals surface area contributed by atoms with Crippen LogP contribution in [0.2, 0.25) is 0 Å². The molecule has 4 atom stereocenters. The van der Waals surface area contributed by atoms with Gasteiger partial charge in [0.2, 0.25) is 11.8 Å². The van der Waals surface area contributed by atoms with E-state index in [4.69, 9.17) is 11.6 Å². The van der Waals surface area contributed by atoms with Gasteiger partial charge in [0.15, 0.2) is 0 Å². The molecule has 1 saturated carbocycles. The van der Waals surface area contributed by atoms with Gasteiger partial charge >= 0.3 is 0 Å². The third kappa shape index (κ3) is 5.44. The topological polar surface area (TPSA) is 49.4 Å². The number of aryl methyl sites for hydroxylation is 1. The normalized spacial score (nSPS) is 22.3. The zero-order valence-corrected chi connectivity index (χ0v) is 19.5. The lowest BCUT2D eigenvalue weighted by molar-refractivity contribution is -0.140. The molecule has 2 amide bonds. The predicted molar refractivity (Wildman–Crippen MR) is 124 cm³/mol. The molecule has 1 N–H and O–H groups in total. The van der Waals surface area contributed by atoms with Crippen molar-refractivity contribution in [3.63, 3.8) is 0 Å². The standard InChI is InChI=1S/C24H31ClN2O2S/c1-16-9-11-19(12-10-16)23(24(29)26-21-8-4-6-17(2)18(21)3)27(22(28)14-25)15-20-7-5-13-30-20/h5,7,9-13,17-18,21,23H,4,6,8,14-15H2,1-3H3,(H,26,29). The van der Waals surface area contributed by atoms with E-state index in [1.165, 1.54) is 6.42 Å². The second kappa shape index (κ2) is 10.5. The molecule has 30 heavy (non-hydrogen) atoms. The van der Waals surface area contributed by atoms with E-state index in [0.717, 1.165) is 28.8 Å². The van der Waals surface area contributed by atoms with Crippen molar-refractivity contribution in [1.29, 1.82) is 0 Å². The van der Waals surface area contributed by atoms with Gasteiger partial charge in [-0.15, -0.1) is 22.9 Å². The highest BCUT2D eigenvalue weighted by Gasteiger charge is 2.35. The molecule has 1 aromatic heterocycles. The highest BCUT2D eigenvalue weighted by Crippen LogP contribution is 2.31. The number of carbonyl (C=O) groups excluding carboxylic acids is 2. The van der Waals surface area contributed by atoms with Crippen LogP contribution in [0.3, 0.4) is 0 Å². The highest BCUT2D eigenvalue weighted by atomic mass is 35.5.